The highest BCUT2D eigenvalue weighted by molar-refractivity contribution is 7.17. The maximum atomic E-state index is 11.3. The summed E-state index contributed by atoms with van der Waals surface area (Å²) in [5.74, 6) is -0.771. The van der Waals surface area contributed by atoms with Crippen LogP contribution in [0.3, 0.4) is 0 Å². The van der Waals surface area contributed by atoms with Crippen molar-refractivity contribution in [2.45, 2.75) is 19.8 Å². The lowest BCUT2D eigenvalue weighted by Crippen LogP contribution is -1.95. The molecule has 0 bridgehead atoms. The van der Waals surface area contributed by atoms with Gasteiger partial charge in [0.15, 0.2) is 4.88 Å². The summed E-state index contributed by atoms with van der Waals surface area (Å²) in [6.45, 7) is 4.05. The Labute approximate surface area is 142 Å². The minimum Gasteiger partial charge on any atom is -0.480 e. The number of carboxylic acids is 1. The van der Waals surface area contributed by atoms with Crippen molar-refractivity contribution < 1.29 is 14.6 Å². The lowest BCUT2D eigenvalue weighted by Gasteiger charge is -2.00. The molecule has 0 unspecified atom stereocenters. The van der Waals surface area contributed by atoms with Crippen molar-refractivity contribution in [1.29, 1.82) is 5.26 Å². The molecule has 0 fully saturated rings. The Bertz CT molecular complexity index is 979. The van der Waals surface area contributed by atoms with Crippen molar-refractivity contribution in [1.82, 2.24) is 9.97 Å². The quantitative estimate of drug-likeness (QED) is 0.747. The van der Waals surface area contributed by atoms with Gasteiger partial charge in [-0.2, -0.15) is 5.26 Å². The van der Waals surface area contributed by atoms with Crippen molar-refractivity contribution in [2.75, 3.05) is 7.11 Å². The number of rotatable bonds is 4. The summed E-state index contributed by atoms with van der Waals surface area (Å²) in [6.07, 6.45) is 0. The van der Waals surface area contributed by atoms with Gasteiger partial charge >= 0.3 is 5.97 Å². The van der Waals surface area contributed by atoms with Gasteiger partial charge < -0.3 is 14.8 Å². The average Bonchev–Trinajstić information content (AvgIpc) is 3.15. The first-order valence-corrected chi connectivity index (χ1v) is 8.12. The number of aromatic carboxylic acids is 1. The zero-order chi connectivity index (χ0) is 17.4. The average molecular weight is 341 g/mol. The molecule has 0 aliphatic carbocycles. The minimum atomic E-state index is -1.07. The number of carboxylic acid groups (broad SMARTS) is 1. The topological polar surface area (TPSA) is 99.0 Å². The standard InChI is InChI=1S/C17H15N3O3S/c1-8(2)13-11(7-18)10-6-9(4-5-12(10)19-13)16-20-15(23-3)14(24-16)17(21)22/h4-6,8,19H,1-3H3,(H,21,22). The molecule has 122 valence electrons. The molecule has 24 heavy (non-hydrogen) atoms. The largest absolute Gasteiger partial charge is 0.480 e. The lowest BCUT2D eigenvalue weighted by atomic mass is 10.0. The van der Waals surface area contributed by atoms with Crippen molar-refractivity contribution in [3.8, 4) is 22.5 Å². The zero-order valence-electron chi connectivity index (χ0n) is 13.4. The fraction of sp³-hybridized carbons (Fsp3) is 0.235. The Kier molecular flexibility index (Phi) is 3.99. The Morgan fingerprint density at radius 3 is 2.75 bits per heavy atom. The van der Waals surface area contributed by atoms with E-state index in [0.29, 0.717) is 10.6 Å². The number of ether oxygens (including phenoxy) is 1. The van der Waals surface area contributed by atoms with E-state index in [1.807, 2.05) is 32.0 Å². The zero-order valence-corrected chi connectivity index (χ0v) is 14.2. The SMILES string of the molecule is COc1nc(-c2ccc3[nH]c(C(C)C)c(C#N)c3c2)sc1C(=O)O. The highest BCUT2D eigenvalue weighted by Crippen LogP contribution is 2.35. The molecule has 0 saturated carbocycles. The van der Waals surface area contributed by atoms with Crippen LogP contribution in [0.25, 0.3) is 21.5 Å². The third kappa shape index (κ3) is 2.51. The van der Waals surface area contributed by atoms with Crippen molar-refractivity contribution in [2.24, 2.45) is 0 Å². The maximum Gasteiger partial charge on any atom is 0.351 e. The third-order valence-corrected chi connectivity index (χ3v) is 4.82. The summed E-state index contributed by atoms with van der Waals surface area (Å²) >= 11 is 1.05. The number of H-pyrrole nitrogens is 1. The number of nitriles is 1. The molecule has 0 aliphatic rings. The molecule has 0 aliphatic heterocycles. The van der Waals surface area contributed by atoms with Crippen LogP contribution in [0.2, 0.25) is 0 Å². The first-order valence-electron chi connectivity index (χ1n) is 7.30. The number of nitrogens with one attached hydrogen (secondary N) is 1. The van der Waals surface area contributed by atoms with E-state index in [2.05, 4.69) is 16.0 Å². The number of methoxy groups -OCH3 is 1. The van der Waals surface area contributed by atoms with Gasteiger partial charge in [-0.3, -0.25) is 0 Å². The van der Waals surface area contributed by atoms with Gasteiger partial charge in [-0.25, -0.2) is 9.78 Å². The summed E-state index contributed by atoms with van der Waals surface area (Å²) in [4.78, 5) is 18.8. The van der Waals surface area contributed by atoms with E-state index >= 15 is 0 Å². The molecule has 2 heterocycles. The second-order valence-corrected chi connectivity index (χ2v) is 6.60. The van der Waals surface area contributed by atoms with Gasteiger partial charge in [0.05, 0.1) is 12.7 Å². The Hall–Kier alpha value is -2.85. The number of nitrogens with zero attached hydrogens (tertiary/aromatic N) is 2. The van der Waals surface area contributed by atoms with Crippen LogP contribution in [0.4, 0.5) is 0 Å². The number of hydrogen-bond acceptors (Lipinski definition) is 5. The van der Waals surface area contributed by atoms with Crippen LogP contribution in [0, 0.1) is 11.3 Å². The van der Waals surface area contributed by atoms with Crippen LogP contribution < -0.4 is 4.74 Å². The summed E-state index contributed by atoms with van der Waals surface area (Å²) in [5.41, 5.74) is 3.14. The lowest BCUT2D eigenvalue weighted by molar-refractivity contribution is 0.0698. The van der Waals surface area contributed by atoms with Gasteiger partial charge in [0.1, 0.15) is 11.1 Å². The molecular formula is C17H15N3O3S. The van der Waals surface area contributed by atoms with Gasteiger partial charge in [-0.1, -0.05) is 13.8 Å². The fourth-order valence-corrected chi connectivity index (χ4v) is 3.47. The normalized spacial score (nSPS) is 11.0. The number of thiazole rings is 1. The number of aromatic amines is 1. The highest BCUT2D eigenvalue weighted by atomic mass is 32.1. The van der Waals surface area contributed by atoms with Crippen LogP contribution in [0.15, 0.2) is 18.2 Å². The molecule has 1 aromatic carbocycles. The van der Waals surface area contributed by atoms with Crippen LogP contribution in [0.5, 0.6) is 5.88 Å². The maximum absolute atomic E-state index is 11.3. The van der Waals surface area contributed by atoms with E-state index in [0.717, 1.165) is 33.5 Å². The third-order valence-electron chi connectivity index (χ3n) is 3.75. The molecule has 0 radical (unpaired) electrons. The second kappa shape index (κ2) is 5.98. The molecule has 2 aromatic heterocycles. The summed E-state index contributed by atoms with van der Waals surface area (Å²) < 4.78 is 5.04. The number of benzene rings is 1. The smallest absolute Gasteiger partial charge is 0.351 e. The first kappa shape index (κ1) is 16.0. The van der Waals surface area contributed by atoms with Crippen molar-refractivity contribution in [3.63, 3.8) is 0 Å². The summed E-state index contributed by atoms with van der Waals surface area (Å²) in [6, 6.07) is 7.85. The predicted molar refractivity (Wildman–Crippen MR) is 91.7 cm³/mol. The molecule has 0 amide bonds. The monoisotopic (exact) mass is 341 g/mol. The Morgan fingerprint density at radius 2 is 2.21 bits per heavy atom. The van der Waals surface area contributed by atoms with Crippen LogP contribution in [-0.4, -0.2) is 28.2 Å². The molecular weight excluding hydrogens is 326 g/mol. The van der Waals surface area contributed by atoms with Gasteiger partial charge in [0.2, 0.25) is 5.88 Å². The molecule has 0 atom stereocenters. The summed E-state index contributed by atoms with van der Waals surface area (Å²) in [5, 5.41) is 20.1. The van der Waals surface area contributed by atoms with E-state index in [1.165, 1.54) is 7.11 Å². The fourth-order valence-electron chi connectivity index (χ4n) is 2.60. The van der Waals surface area contributed by atoms with Crippen molar-refractivity contribution >= 4 is 28.2 Å². The molecule has 0 spiro atoms. The number of fused-ring (bicyclic) bond motifs is 1. The van der Waals surface area contributed by atoms with Gasteiger partial charge in [-0.05, 0) is 24.1 Å². The van der Waals surface area contributed by atoms with E-state index in [-0.39, 0.29) is 16.7 Å². The van der Waals surface area contributed by atoms with Gasteiger partial charge in [0, 0.05) is 22.2 Å². The Morgan fingerprint density at radius 1 is 1.46 bits per heavy atom. The first-order chi connectivity index (χ1) is 11.5. The van der Waals surface area contributed by atoms with E-state index in [4.69, 9.17) is 4.74 Å². The molecule has 2 N–H and O–H groups in total. The van der Waals surface area contributed by atoms with Gasteiger partial charge in [0.25, 0.3) is 0 Å². The van der Waals surface area contributed by atoms with E-state index in [9.17, 15) is 15.2 Å². The van der Waals surface area contributed by atoms with Crippen LogP contribution in [-0.2, 0) is 0 Å². The van der Waals surface area contributed by atoms with Gasteiger partial charge in [-0.15, -0.1) is 11.3 Å². The van der Waals surface area contributed by atoms with Crippen LogP contribution in [0.1, 0.15) is 40.7 Å². The van der Waals surface area contributed by atoms with Crippen molar-refractivity contribution in [3.05, 3.63) is 34.3 Å². The van der Waals surface area contributed by atoms with E-state index < -0.39 is 5.97 Å². The molecule has 7 heteroatoms. The number of carbonyl (C=O) groups is 1. The van der Waals surface area contributed by atoms with E-state index in [1.54, 1.807) is 0 Å². The molecule has 0 saturated heterocycles. The predicted octanol–water partition coefficient (Wildman–Crippen LogP) is 3.99. The number of aromatic nitrogens is 2. The minimum absolute atomic E-state index is 0.0602. The Balaban J connectivity index is 2.18. The highest BCUT2D eigenvalue weighted by Gasteiger charge is 2.20. The molecule has 6 nitrogen and oxygen atoms in total. The van der Waals surface area contributed by atoms with Crippen LogP contribution >= 0.6 is 11.3 Å². The molecule has 3 rings (SSSR count). The number of hydrogen-bond donors (Lipinski definition) is 2. The second-order valence-electron chi connectivity index (χ2n) is 5.60. The molecule has 3 aromatic rings. The summed E-state index contributed by atoms with van der Waals surface area (Å²) in [7, 11) is 1.39.